The van der Waals surface area contributed by atoms with Gasteiger partial charge in [0.05, 0.1) is 12.5 Å². The molecule has 2 fully saturated rings. The lowest BCUT2D eigenvalue weighted by Crippen LogP contribution is -2.42. The molecule has 1 aliphatic heterocycles. The first-order valence-electron chi connectivity index (χ1n) is 7.06. The topological polar surface area (TPSA) is 63.6 Å². The average Bonchev–Trinajstić information content (AvgIpc) is 2.66. The standard InChI is InChI=1S/C15H20O4/c1-8-9-3-5-15(2)6-4-11(17)10(7-16)12(15)13(9)19-14(8)18/h8-9,13,16H,3-7H2,1-2H3/t8-,9-,13-,15-/m0/s1. The van der Waals surface area contributed by atoms with Gasteiger partial charge in [0.25, 0.3) is 0 Å². The van der Waals surface area contributed by atoms with Gasteiger partial charge in [-0.2, -0.15) is 0 Å². The molecule has 1 saturated heterocycles. The van der Waals surface area contributed by atoms with Crippen molar-refractivity contribution in [2.24, 2.45) is 17.3 Å². The number of hydrogen-bond donors (Lipinski definition) is 1. The maximum absolute atomic E-state index is 12.0. The SMILES string of the molecule is C[C@@H]1C(=O)O[C@@H]2C3=C(CO)C(=O)CC[C@]3(C)CC[C@@H]12. The normalized spacial score (nSPS) is 41.9. The number of hydrogen-bond acceptors (Lipinski definition) is 4. The molecule has 3 rings (SSSR count). The predicted molar refractivity (Wildman–Crippen MR) is 68.2 cm³/mol. The zero-order chi connectivity index (χ0) is 13.8. The summed E-state index contributed by atoms with van der Waals surface area (Å²) in [6, 6.07) is 0. The van der Waals surface area contributed by atoms with Crippen LogP contribution in [0.4, 0.5) is 0 Å². The number of carbonyl (C=O) groups is 2. The van der Waals surface area contributed by atoms with Crippen molar-refractivity contribution in [3.63, 3.8) is 0 Å². The Kier molecular flexibility index (Phi) is 2.82. The Morgan fingerprint density at radius 3 is 2.79 bits per heavy atom. The second-order valence-corrected chi connectivity index (χ2v) is 6.38. The Morgan fingerprint density at radius 1 is 1.37 bits per heavy atom. The van der Waals surface area contributed by atoms with Gasteiger partial charge in [-0.15, -0.1) is 0 Å². The van der Waals surface area contributed by atoms with Crippen LogP contribution in [0, 0.1) is 17.3 Å². The molecule has 3 aliphatic rings. The minimum absolute atomic E-state index is 0.0197. The Morgan fingerprint density at radius 2 is 2.11 bits per heavy atom. The molecule has 1 N–H and O–H groups in total. The molecule has 0 aromatic heterocycles. The summed E-state index contributed by atoms with van der Waals surface area (Å²) in [6.45, 7) is 3.80. The quantitative estimate of drug-likeness (QED) is 0.731. The minimum atomic E-state index is -0.285. The third-order valence-corrected chi connectivity index (χ3v) is 5.33. The molecular formula is C15H20O4. The lowest BCUT2D eigenvalue weighted by Gasteiger charge is -2.45. The molecule has 1 saturated carbocycles. The van der Waals surface area contributed by atoms with Gasteiger partial charge >= 0.3 is 5.97 Å². The molecule has 2 aliphatic carbocycles. The summed E-state index contributed by atoms with van der Waals surface area (Å²) in [5.74, 6) is -0.0738. The van der Waals surface area contributed by atoms with Gasteiger partial charge in [0.15, 0.2) is 5.78 Å². The fraction of sp³-hybridized carbons (Fsp3) is 0.733. The monoisotopic (exact) mass is 264 g/mol. The number of ether oxygens (including phenoxy) is 1. The fourth-order valence-corrected chi connectivity index (χ4v) is 4.05. The van der Waals surface area contributed by atoms with Crippen molar-refractivity contribution in [3.8, 4) is 0 Å². The summed E-state index contributed by atoms with van der Waals surface area (Å²) in [7, 11) is 0. The molecule has 0 spiro atoms. The maximum atomic E-state index is 12.0. The van der Waals surface area contributed by atoms with Crippen LogP contribution in [0.5, 0.6) is 0 Å². The fourth-order valence-electron chi connectivity index (χ4n) is 4.05. The lowest BCUT2D eigenvalue weighted by atomic mass is 9.59. The molecular weight excluding hydrogens is 244 g/mol. The third kappa shape index (κ3) is 1.69. The molecule has 4 heteroatoms. The highest BCUT2D eigenvalue weighted by atomic mass is 16.6. The number of esters is 1. The first-order valence-corrected chi connectivity index (χ1v) is 7.06. The van der Waals surface area contributed by atoms with Crippen LogP contribution in [0.25, 0.3) is 0 Å². The summed E-state index contributed by atoms with van der Waals surface area (Å²) in [5, 5.41) is 9.55. The molecule has 19 heavy (non-hydrogen) atoms. The predicted octanol–water partition coefficient (Wildman–Crippen LogP) is 1.62. The van der Waals surface area contributed by atoms with Crippen LogP contribution in [0.2, 0.25) is 0 Å². The van der Waals surface area contributed by atoms with Crippen molar-refractivity contribution < 1.29 is 19.4 Å². The van der Waals surface area contributed by atoms with Crippen molar-refractivity contribution >= 4 is 11.8 Å². The zero-order valence-corrected chi connectivity index (χ0v) is 11.4. The summed E-state index contributed by atoms with van der Waals surface area (Å²) in [4.78, 5) is 23.8. The Balaban J connectivity index is 2.11. The summed E-state index contributed by atoms with van der Waals surface area (Å²) >= 11 is 0. The van der Waals surface area contributed by atoms with Gasteiger partial charge < -0.3 is 9.84 Å². The van der Waals surface area contributed by atoms with Crippen molar-refractivity contribution in [1.82, 2.24) is 0 Å². The molecule has 0 radical (unpaired) electrons. The Hall–Kier alpha value is -1.16. The Bertz CT molecular complexity index is 479. The van der Waals surface area contributed by atoms with Crippen molar-refractivity contribution in [2.75, 3.05) is 6.61 Å². The molecule has 0 amide bonds. The highest BCUT2D eigenvalue weighted by molar-refractivity contribution is 5.98. The molecule has 104 valence electrons. The second-order valence-electron chi connectivity index (χ2n) is 6.38. The van der Waals surface area contributed by atoms with E-state index in [1.807, 2.05) is 6.92 Å². The molecule has 4 atom stereocenters. The minimum Gasteiger partial charge on any atom is -0.457 e. The first-order chi connectivity index (χ1) is 8.98. The smallest absolute Gasteiger partial charge is 0.309 e. The molecule has 0 bridgehead atoms. The summed E-state index contributed by atoms with van der Waals surface area (Å²) in [6.07, 6.45) is 2.95. The van der Waals surface area contributed by atoms with Crippen LogP contribution in [-0.4, -0.2) is 29.6 Å². The van der Waals surface area contributed by atoms with Gasteiger partial charge in [0.1, 0.15) is 6.10 Å². The molecule has 0 unspecified atom stereocenters. The van der Waals surface area contributed by atoms with Gasteiger partial charge in [-0.3, -0.25) is 9.59 Å². The van der Waals surface area contributed by atoms with E-state index in [4.69, 9.17) is 4.74 Å². The van der Waals surface area contributed by atoms with E-state index in [1.165, 1.54) is 0 Å². The average molecular weight is 264 g/mol. The van der Waals surface area contributed by atoms with E-state index in [0.29, 0.717) is 12.0 Å². The number of fused-ring (bicyclic) bond motifs is 3. The number of Topliss-reactive ketones (excluding diaryl/α,β-unsaturated/α-hetero) is 1. The van der Waals surface area contributed by atoms with Crippen LogP contribution >= 0.6 is 0 Å². The van der Waals surface area contributed by atoms with Crippen LogP contribution in [0.3, 0.4) is 0 Å². The Labute approximate surface area is 112 Å². The van der Waals surface area contributed by atoms with Gasteiger partial charge in [-0.1, -0.05) is 13.8 Å². The zero-order valence-electron chi connectivity index (χ0n) is 11.4. The van der Waals surface area contributed by atoms with E-state index in [2.05, 4.69) is 6.92 Å². The number of carbonyl (C=O) groups excluding carboxylic acids is 2. The number of aliphatic hydroxyl groups excluding tert-OH is 1. The maximum Gasteiger partial charge on any atom is 0.309 e. The number of ketones is 1. The largest absolute Gasteiger partial charge is 0.457 e. The second kappa shape index (κ2) is 4.17. The van der Waals surface area contributed by atoms with Crippen LogP contribution < -0.4 is 0 Å². The van der Waals surface area contributed by atoms with E-state index in [0.717, 1.165) is 24.8 Å². The first kappa shape index (κ1) is 12.9. The van der Waals surface area contributed by atoms with E-state index in [-0.39, 0.29) is 41.7 Å². The van der Waals surface area contributed by atoms with E-state index < -0.39 is 0 Å². The van der Waals surface area contributed by atoms with Crippen molar-refractivity contribution in [3.05, 3.63) is 11.1 Å². The summed E-state index contributed by atoms with van der Waals surface area (Å²) < 4.78 is 5.53. The molecule has 0 aromatic carbocycles. The number of rotatable bonds is 1. The van der Waals surface area contributed by atoms with Crippen molar-refractivity contribution in [2.45, 2.75) is 45.6 Å². The van der Waals surface area contributed by atoms with Gasteiger partial charge in [-0.25, -0.2) is 0 Å². The van der Waals surface area contributed by atoms with Crippen LogP contribution in [0.15, 0.2) is 11.1 Å². The van der Waals surface area contributed by atoms with Gasteiger partial charge in [0, 0.05) is 17.9 Å². The van der Waals surface area contributed by atoms with Crippen LogP contribution in [-0.2, 0) is 14.3 Å². The number of aliphatic hydroxyl groups is 1. The van der Waals surface area contributed by atoms with Crippen molar-refractivity contribution in [1.29, 1.82) is 0 Å². The van der Waals surface area contributed by atoms with E-state index in [9.17, 15) is 14.7 Å². The lowest BCUT2D eigenvalue weighted by molar-refractivity contribution is -0.143. The van der Waals surface area contributed by atoms with E-state index in [1.54, 1.807) is 0 Å². The highest BCUT2D eigenvalue weighted by Gasteiger charge is 2.54. The van der Waals surface area contributed by atoms with Gasteiger partial charge in [0.2, 0.25) is 0 Å². The molecule has 1 heterocycles. The van der Waals surface area contributed by atoms with E-state index >= 15 is 0 Å². The third-order valence-electron chi connectivity index (χ3n) is 5.33. The van der Waals surface area contributed by atoms with Crippen LogP contribution in [0.1, 0.15) is 39.5 Å². The molecule has 0 aromatic rings. The van der Waals surface area contributed by atoms with Gasteiger partial charge in [-0.05, 0) is 30.3 Å². The highest BCUT2D eigenvalue weighted by Crippen LogP contribution is 2.54. The summed E-state index contributed by atoms with van der Waals surface area (Å²) in [5.41, 5.74) is 1.34. The molecule has 4 nitrogen and oxygen atoms in total.